The summed E-state index contributed by atoms with van der Waals surface area (Å²) in [6.07, 6.45) is 1.49. The number of hydrogen-bond donors (Lipinski definition) is 1. The Hall–Kier alpha value is -1.65. The van der Waals surface area contributed by atoms with Crippen LogP contribution in [-0.4, -0.2) is 24.4 Å². The minimum absolute atomic E-state index is 0.127. The van der Waals surface area contributed by atoms with Gasteiger partial charge >= 0.3 is 5.97 Å². The van der Waals surface area contributed by atoms with Crippen LogP contribution < -0.4 is 5.32 Å². The number of imide groups is 1. The minimum atomic E-state index is -0.414. The molecule has 13 heavy (non-hydrogen) atoms. The van der Waals surface area contributed by atoms with E-state index in [1.807, 2.05) is 0 Å². The minimum Gasteiger partial charge on any atom is -0.466 e. The van der Waals surface area contributed by atoms with Gasteiger partial charge in [-0.2, -0.15) is 0 Å². The fraction of sp³-hybridized carbons (Fsp3) is 0.375. The van der Waals surface area contributed by atoms with E-state index >= 15 is 0 Å². The fourth-order valence-corrected chi connectivity index (χ4v) is 0.942. The molecule has 0 aromatic carbocycles. The van der Waals surface area contributed by atoms with Gasteiger partial charge in [-0.25, -0.2) is 0 Å². The molecule has 0 bridgehead atoms. The van der Waals surface area contributed by atoms with Gasteiger partial charge in [0.05, 0.1) is 6.61 Å². The van der Waals surface area contributed by atoms with E-state index in [1.54, 1.807) is 0 Å². The predicted octanol–water partition coefficient (Wildman–Crippen LogP) is -0.478. The van der Waals surface area contributed by atoms with Crippen molar-refractivity contribution in [1.82, 2.24) is 5.32 Å². The van der Waals surface area contributed by atoms with Crippen molar-refractivity contribution in [3.05, 3.63) is 11.6 Å². The van der Waals surface area contributed by atoms with Gasteiger partial charge in [0.25, 0.3) is 11.8 Å². The first kappa shape index (κ1) is 9.44. The van der Waals surface area contributed by atoms with E-state index in [0.717, 1.165) is 0 Å². The normalized spacial score (nSPS) is 15.3. The largest absolute Gasteiger partial charge is 0.466 e. The number of carbonyl (C=O) groups excluding carboxylic acids is 3. The number of amides is 2. The van der Waals surface area contributed by atoms with Crippen LogP contribution in [0.4, 0.5) is 0 Å². The van der Waals surface area contributed by atoms with E-state index < -0.39 is 17.8 Å². The van der Waals surface area contributed by atoms with Crippen molar-refractivity contribution < 1.29 is 19.1 Å². The molecule has 2 amide bonds. The van der Waals surface area contributed by atoms with Crippen molar-refractivity contribution >= 4 is 17.8 Å². The molecule has 70 valence electrons. The van der Waals surface area contributed by atoms with Crippen LogP contribution in [0.25, 0.3) is 0 Å². The summed E-state index contributed by atoms with van der Waals surface area (Å²) in [5.41, 5.74) is 0.353. The Kier molecular flexibility index (Phi) is 2.79. The Morgan fingerprint density at radius 1 is 1.54 bits per heavy atom. The summed E-state index contributed by atoms with van der Waals surface area (Å²) < 4.78 is 4.62. The third-order valence-corrected chi connectivity index (χ3v) is 1.51. The molecule has 5 nitrogen and oxygen atoms in total. The predicted molar refractivity (Wildman–Crippen MR) is 42.5 cm³/mol. The van der Waals surface area contributed by atoms with Crippen molar-refractivity contribution in [1.29, 1.82) is 0 Å². The second-order valence-electron chi connectivity index (χ2n) is 2.58. The highest BCUT2D eigenvalue weighted by Gasteiger charge is 2.19. The zero-order valence-corrected chi connectivity index (χ0v) is 7.12. The summed E-state index contributed by atoms with van der Waals surface area (Å²) >= 11 is 0. The van der Waals surface area contributed by atoms with Crippen molar-refractivity contribution in [2.75, 3.05) is 6.61 Å². The van der Waals surface area contributed by atoms with E-state index in [-0.39, 0.29) is 13.0 Å². The van der Waals surface area contributed by atoms with Gasteiger partial charge in [-0.15, -0.1) is 0 Å². The first-order valence-electron chi connectivity index (χ1n) is 3.79. The van der Waals surface area contributed by atoms with Gasteiger partial charge in [0.2, 0.25) is 0 Å². The van der Waals surface area contributed by atoms with Crippen molar-refractivity contribution in [3.63, 3.8) is 0 Å². The molecular formula is C8H9NO4. The molecule has 1 heterocycles. The molecule has 0 fully saturated rings. The molecular weight excluding hydrogens is 174 g/mol. The van der Waals surface area contributed by atoms with Crippen molar-refractivity contribution in [2.24, 2.45) is 0 Å². The maximum absolute atomic E-state index is 10.9. The van der Waals surface area contributed by atoms with Crippen molar-refractivity contribution in [2.45, 2.75) is 13.3 Å². The summed E-state index contributed by atoms with van der Waals surface area (Å²) in [6.45, 7) is 1.41. The Morgan fingerprint density at radius 2 is 2.23 bits per heavy atom. The highest BCUT2D eigenvalue weighted by atomic mass is 16.5. The van der Waals surface area contributed by atoms with Gasteiger partial charge in [-0.05, 0) is 0 Å². The van der Waals surface area contributed by atoms with Gasteiger partial charge in [-0.3, -0.25) is 19.7 Å². The summed E-state index contributed by atoms with van der Waals surface area (Å²) in [7, 11) is 0. The molecule has 0 radical (unpaired) electrons. The Bertz CT molecular complexity index is 293. The van der Waals surface area contributed by atoms with Crippen LogP contribution in [0.5, 0.6) is 0 Å². The molecule has 1 rings (SSSR count). The molecule has 0 saturated heterocycles. The number of esters is 1. The van der Waals surface area contributed by atoms with Crippen molar-refractivity contribution in [3.8, 4) is 0 Å². The van der Waals surface area contributed by atoms with Crippen LogP contribution in [-0.2, 0) is 19.1 Å². The highest BCUT2D eigenvalue weighted by molar-refractivity contribution is 6.16. The summed E-state index contributed by atoms with van der Waals surface area (Å²) in [5.74, 6) is -1.22. The Morgan fingerprint density at radius 3 is 2.69 bits per heavy atom. The highest BCUT2D eigenvalue weighted by Crippen LogP contribution is 2.06. The Balaban J connectivity index is 2.37. The lowest BCUT2D eigenvalue weighted by Gasteiger charge is -2.00. The third kappa shape index (κ3) is 2.70. The smallest absolute Gasteiger partial charge is 0.302 e. The lowest BCUT2D eigenvalue weighted by Crippen LogP contribution is -2.22. The van der Waals surface area contributed by atoms with E-state index in [2.05, 4.69) is 10.1 Å². The zero-order valence-electron chi connectivity index (χ0n) is 7.12. The fourth-order valence-electron chi connectivity index (χ4n) is 0.942. The second-order valence-corrected chi connectivity index (χ2v) is 2.58. The molecule has 1 N–H and O–H groups in total. The van der Waals surface area contributed by atoms with E-state index in [0.29, 0.717) is 5.57 Å². The standard InChI is InChI=1S/C8H9NO4/c1-5(10)13-3-2-6-4-7(11)9-8(6)12/h4H,2-3H2,1H3,(H,9,11,12). The van der Waals surface area contributed by atoms with E-state index in [9.17, 15) is 14.4 Å². The number of ether oxygens (including phenoxy) is 1. The van der Waals surface area contributed by atoms with E-state index in [4.69, 9.17) is 0 Å². The molecule has 0 aliphatic carbocycles. The SMILES string of the molecule is CC(=O)OCCC1=CC(=O)NC1=O. The number of rotatable bonds is 3. The van der Waals surface area contributed by atoms with Crippen LogP contribution in [0.2, 0.25) is 0 Å². The maximum Gasteiger partial charge on any atom is 0.302 e. The second kappa shape index (κ2) is 3.84. The molecule has 1 aliphatic rings. The summed E-state index contributed by atoms with van der Waals surface area (Å²) in [4.78, 5) is 31.9. The number of carbonyl (C=O) groups is 3. The van der Waals surface area contributed by atoms with Crippen LogP contribution in [0, 0.1) is 0 Å². The van der Waals surface area contributed by atoms with Gasteiger partial charge in [0.15, 0.2) is 0 Å². The summed E-state index contributed by atoms with van der Waals surface area (Å²) in [6, 6.07) is 0. The first-order valence-corrected chi connectivity index (χ1v) is 3.79. The third-order valence-electron chi connectivity index (χ3n) is 1.51. The molecule has 0 saturated carbocycles. The van der Waals surface area contributed by atoms with E-state index in [1.165, 1.54) is 13.0 Å². The van der Waals surface area contributed by atoms with Crippen LogP contribution >= 0.6 is 0 Å². The van der Waals surface area contributed by atoms with Gasteiger partial charge < -0.3 is 4.74 Å². The topological polar surface area (TPSA) is 72.5 Å². The number of nitrogens with one attached hydrogen (secondary N) is 1. The quantitative estimate of drug-likeness (QED) is 0.474. The van der Waals surface area contributed by atoms with Gasteiger partial charge in [-0.1, -0.05) is 0 Å². The molecule has 1 aliphatic heterocycles. The lowest BCUT2D eigenvalue weighted by atomic mass is 10.2. The first-order chi connectivity index (χ1) is 6.09. The average Bonchev–Trinajstić information content (AvgIpc) is 2.29. The molecule has 0 aromatic heterocycles. The van der Waals surface area contributed by atoms with Gasteiger partial charge in [0.1, 0.15) is 0 Å². The molecule has 0 atom stereocenters. The monoisotopic (exact) mass is 183 g/mol. The van der Waals surface area contributed by atoms with Crippen LogP contribution in [0.1, 0.15) is 13.3 Å². The molecule has 0 spiro atoms. The molecule has 0 unspecified atom stereocenters. The Labute approximate surface area is 74.7 Å². The van der Waals surface area contributed by atoms with Crippen LogP contribution in [0.3, 0.4) is 0 Å². The average molecular weight is 183 g/mol. The molecule has 0 aromatic rings. The lowest BCUT2D eigenvalue weighted by molar-refractivity contribution is -0.141. The number of hydrogen-bond acceptors (Lipinski definition) is 4. The van der Waals surface area contributed by atoms with Gasteiger partial charge in [0, 0.05) is 25.0 Å². The maximum atomic E-state index is 10.9. The zero-order chi connectivity index (χ0) is 9.84. The van der Waals surface area contributed by atoms with Crippen LogP contribution in [0.15, 0.2) is 11.6 Å². The molecule has 5 heteroatoms. The summed E-state index contributed by atoms with van der Waals surface area (Å²) in [5, 5.41) is 2.09.